The molecule has 0 atom stereocenters. The fraction of sp³-hybridized carbons (Fsp3) is 0.154. The fourth-order valence-electron chi connectivity index (χ4n) is 2.99. The number of aryl methyl sites for hydroxylation is 1. The molecular formula is C26H22N2O2. The molecule has 0 N–H and O–H groups in total. The van der Waals surface area contributed by atoms with Gasteiger partial charge in [-0.05, 0) is 49.2 Å². The Bertz CT molecular complexity index is 1130. The lowest BCUT2D eigenvalue weighted by atomic mass is 10.0. The van der Waals surface area contributed by atoms with Gasteiger partial charge in [-0.15, -0.1) is 0 Å². The Kier molecular flexibility index (Phi) is 6.87. The molecule has 4 nitrogen and oxygen atoms in total. The number of ether oxygens (including phenoxy) is 2. The third-order valence-electron chi connectivity index (χ3n) is 4.58. The van der Waals surface area contributed by atoms with Gasteiger partial charge in [0.25, 0.3) is 0 Å². The fourth-order valence-corrected chi connectivity index (χ4v) is 2.99. The number of rotatable bonds is 7. The van der Waals surface area contributed by atoms with Crippen LogP contribution >= 0.6 is 0 Å². The summed E-state index contributed by atoms with van der Waals surface area (Å²) in [6, 6.07) is 25.2. The van der Waals surface area contributed by atoms with Crippen LogP contribution in [0.3, 0.4) is 0 Å². The molecule has 3 rings (SSSR count). The van der Waals surface area contributed by atoms with E-state index in [1.54, 1.807) is 6.07 Å². The Morgan fingerprint density at radius 2 is 1.70 bits per heavy atom. The third kappa shape index (κ3) is 5.07. The zero-order chi connectivity index (χ0) is 21.3. The molecule has 0 heterocycles. The maximum absolute atomic E-state index is 9.60. The molecule has 0 unspecified atom stereocenters. The first-order chi connectivity index (χ1) is 14.6. The molecule has 0 fully saturated rings. The highest BCUT2D eigenvalue weighted by Crippen LogP contribution is 2.31. The zero-order valence-electron chi connectivity index (χ0n) is 17.1. The van der Waals surface area contributed by atoms with E-state index in [0.29, 0.717) is 29.2 Å². The average Bonchev–Trinajstić information content (AvgIpc) is 2.78. The van der Waals surface area contributed by atoms with Crippen LogP contribution in [0.5, 0.6) is 11.5 Å². The molecule has 0 spiro atoms. The minimum absolute atomic E-state index is 0.270. The molecule has 3 aromatic carbocycles. The molecule has 0 aromatic heterocycles. The van der Waals surface area contributed by atoms with Crippen molar-refractivity contribution in [3.05, 3.63) is 94.5 Å². The summed E-state index contributed by atoms with van der Waals surface area (Å²) in [4.78, 5) is 0. The second-order valence-corrected chi connectivity index (χ2v) is 6.73. The van der Waals surface area contributed by atoms with Crippen LogP contribution < -0.4 is 9.47 Å². The number of benzene rings is 3. The number of hydrogen-bond acceptors (Lipinski definition) is 4. The van der Waals surface area contributed by atoms with Crippen LogP contribution in [0.15, 0.2) is 66.7 Å². The SMILES string of the molecule is CCOc1cc(/C=C(/C#N)c2ccc(C)cc2)ccc1OCc1ccccc1C#N. The Balaban J connectivity index is 1.86. The van der Waals surface area contributed by atoms with Crippen LogP contribution in [-0.4, -0.2) is 6.61 Å². The molecule has 4 heteroatoms. The van der Waals surface area contributed by atoms with Crippen molar-refractivity contribution in [3.8, 4) is 23.6 Å². The molecule has 0 bridgehead atoms. The molecule has 0 radical (unpaired) electrons. The van der Waals surface area contributed by atoms with Gasteiger partial charge in [-0.1, -0.05) is 54.1 Å². The summed E-state index contributed by atoms with van der Waals surface area (Å²) < 4.78 is 11.7. The molecule has 0 amide bonds. The first kappa shape index (κ1) is 20.7. The maximum Gasteiger partial charge on any atom is 0.161 e. The number of hydrogen-bond donors (Lipinski definition) is 0. The molecule has 30 heavy (non-hydrogen) atoms. The van der Waals surface area contributed by atoms with Crippen LogP contribution in [-0.2, 0) is 6.61 Å². The predicted molar refractivity (Wildman–Crippen MR) is 118 cm³/mol. The highest BCUT2D eigenvalue weighted by atomic mass is 16.5. The van der Waals surface area contributed by atoms with Gasteiger partial charge in [0, 0.05) is 5.56 Å². The Morgan fingerprint density at radius 3 is 2.40 bits per heavy atom. The van der Waals surface area contributed by atoms with Gasteiger partial charge < -0.3 is 9.47 Å². The van der Waals surface area contributed by atoms with E-state index in [2.05, 4.69) is 12.1 Å². The van der Waals surface area contributed by atoms with Crippen molar-refractivity contribution in [2.24, 2.45) is 0 Å². The maximum atomic E-state index is 9.60. The van der Waals surface area contributed by atoms with Gasteiger partial charge in [-0.2, -0.15) is 10.5 Å². The average molecular weight is 394 g/mol. The van der Waals surface area contributed by atoms with Gasteiger partial charge >= 0.3 is 0 Å². The molecule has 3 aromatic rings. The summed E-state index contributed by atoms with van der Waals surface area (Å²) in [5.41, 5.74) is 4.85. The minimum Gasteiger partial charge on any atom is -0.490 e. The third-order valence-corrected chi connectivity index (χ3v) is 4.58. The summed E-state index contributed by atoms with van der Waals surface area (Å²) in [7, 11) is 0. The topological polar surface area (TPSA) is 66.0 Å². The van der Waals surface area contributed by atoms with E-state index in [1.165, 1.54) is 0 Å². The zero-order valence-corrected chi connectivity index (χ0v) is 17.1. The lowest BCUT2D eigenvalue weighted by Crippen LogP contribution is -2.01. The second kappa shape index (κ2) is 9.96. The van der Waals surface area contributed by atoms with Crippen molar-refractivity contribution in [3.63, 3.8) is 0 Å². The van der Waals surface area contributed by atoms with Crippen molar-refractivity contribution in [2.75, 3.05) is 6.61 Å². The van der Waals surface area contributed by atoms with Gasteiger partial charge in [-0.3, -0.25) is 0 Å². The summed E-state index contributed by atoms with van der Waals surface area (Å²) in [5, 5.41) is 18.8. The van der Waals surface area contributed by atoms with E-state index in [0.717, 1.165) is 22.3 Å². The summed E-state index contributed by atoms with van der Waals surface area (Å²) >= 11 is 0. The molecule has 0 aliphatic carbocycles. The largest absolute Gasteiger partial charge is 0.490 e. The molecule has 0 saturated heterocycles. The van der Waals surface area contributed by atoms with Gasteiger partial charge in [0.05, 0.1) is 29.9 Å². The highest BCUT2D eigenvalue weighted by molar-refractivity contribution is 5.89. The van der Waals surface area contributed by atoms with E-state index < -0.39 is 0 Å². The lowest BCUT2D eigenvalue weighted by Gasteiger charge is -2.13. The van der Waals surface area contributed by atoms with Gasteiger partial charge in [0.2, 0.25) is 0 Å². The van der Waals surface area contributed by atoms with Gasteiger partial charge in [-0.25, -0.2) is 0 Å². The van der Waals surface area contributed by atoms with Gasteiger partial charge in [0.15, 0.2) is 11.5 Å². The van der Waals surface area contributed by atoms with E-state index in [9.17, 15) is 10.5 Å². The van der Waals surface area contributed by atoms with E-state index in [-0.39, 0.29) is 6.61 Å². The van der Waals surface area contributed by atoms with Crippen LogP contribution in [0.2, 0.25) is 0 Å². The standard InChI is InChI=1S/C26H22N2O2/c1-3-29-26-15-20(14-24(17-28)21-11-8-19(2)9-12-21)10-13-25(26)30-18-23-7-5-4-6-22(23)16-27/h4-15H,3,18H2,1-2H3/b24-14-. The monoisotopic (exact) mass is 394 g/mol. The predicted octanol–water partition coefficient (Wildman–Crippen LogP) is 5.91. The van der Waals surface area contributed by atoms with Crippen LogP contribution in [0.4, 0.5) is 0 Å². The van der Waals surface area contributed by atoms with Crippen molar-refractivity contribution in [2.45, 2.75) is 20.5 Å². The van der Waals surface area contributed by atoms with Crippen LogP contribution in [0.25, 0.3) is 11.6 Å². The van der Waals surface area contributed by atoms with E-state index >= 15 is 0 Å². The minimum atomic E-state index is 0.270. The smallest absolute Gasteiger partial charge is 0.161 e. The Labute approximate surface area is 177 Å². The normalized spacial score (nSPS) is 10.7. The van der Waals surface area contributed by atoms with Crippen molar-refractivity contribution >= 4 is 11.6 Å². The Hall–Kier alpha value is -4.02. The van der Waals surface area contributed by atoms with E-state index in [4.69, 9.17) is 9.47 Å². The highest BCUT2D eigenvalue weighted by Gasteiger charge is 2.09. The number of allylic oxidation sites excluding steroid dienone is 1. The van der Waals surface area contributed by atoms with E-state index in [1.807, 2.05) is 80.6 Å². The number of nitrogens with zero attached hydrogens (tertiary/aromatic N) is 2. The molecule has 0 saturated carbocycles. The lowest BCUT2D eigenvalue weighted by molar-refractivity contribution is 0.269. The molecule has 0 aliphatic heterocycles. The van der Waals surface area contributed by atoms with Crippen LogP contribution in [0.1, 0.15) is 34.7 Å². The van der Waals surface area contributed by atoms with Crippen molar-refractivity contribution in [1.82, 2.24) is 0 Å². The summed E-state index contributed by atoms with van der Waals surface area (Å²) in [6.45, 7) is 4.68. The van der Waals surface area contributed by atoms with Crippen molar-refractivity contribution in [1.29, 1.82) is 10.5 Å². The molecule has 148 valence electrons. The van der Waals surface area contributed by atoms with Crippen molar-refractivity contribution < 1.29 is 9.47 Å². The quantitative estimate of drug-likeness (QED) is 0.369. The van der Waals surface area contributed by atoms with Gasteiger partial charge in [0.1, 0.15) is 6.61 Å². The number of nitriles is 2. The summed E-state index contributed by atoms with van der Waals surface area (Å²) in [6.07, 6.45) is 1.84. The van der Waals surface area contributed by atoms with Crippen LogP contribution in [0, 0.1) is 29.6 Å². The molecular weight excluding hydrogens is 372 g/mol. The Morgan fingerprint density at radius 1 is 0.933 bits per heavy atom. The second-order valence-electron chi connectivity index (χ2n) is 6.73. The molecule has 0 aliphatic rings. The first-order valence-corrected chi connectivity index (χ1v) is 9.71. The summed E-state index contributed by atoms with van der Waals surface area (Å²) in [5.74, 6) is 1.19. The first-order valence-electron chi connectivity index (χ1n) is 9.71.